The predicted molar refractivity (Wildman–Crippen MR) is 75.7 cm³/mol. The van der Waals surface area contributed by atoms with Gasteiger partial charge in [0.1, 0.15) is 6.07 Å². The second kappa shape index (κ2) is 5.79. The number of thiol groups is 1. The van der Waals surface area contributed by atoms with E-state index in [0.717, 1.165) is 23.5 Å². The topological polar surface area (TPSA) is 52.9 Å². The van der Waals surface area contributed by atoms with Gasteiger partial charge in [0.2, 0.25) is 0 Å². The normalized spacial score (nSPS) is 11.0. The van der Waals surface area contributed by atoms with Crippen molar-refractivity contribution in [3.8, 4) is 6.07 Å². The first-order valence-corrected chi connectivity index (χ1v) is 6.84. The van der Waals surface area contributed by atoms with Crippen LogP contribution in [-0.2, 0) is 6.18 Å². The molecule has 0 aliphatic carbocycles. The summed E-state index contributed by atoms with van der Waals surface area (Å²) in [4.78, 5) is 12.9. The summed E-state index contributed by atoms with van der Waals surface area (Å²) < 4.78 is 37.7. The lowest BCUT2D eigenvalue weighted by atomic mass is 10.1. The van der Waals surface area contributed by atoms with Crippen molar-refractivity contribution in [2.24, 2.45) is 0 Å². The standard InChI is InChI=1S/C13H7F3N2OS2/c14-13(15,16)8-1-2-10(7(3-8)5-17)18-12(19)11-4-9(20)6-21-11/h1-4,6,20H,(H,18,19). The van der Waals surface area contributed by atoms with Crippen LogP contribution in [0.15, 0.2) is 34.5 Å². The van der Waals surface area contributed by atoms with Crippen molar-refractivity contribution in [2.45, 2.75) is 11.1 Å². The minimum atomic E-state index is -4.54. The van der Waals surface area contributed by atoms with Crippen molar-refractivity contribution in [2.75, 3.05) is 5.32 Å². The molecule has 0 saturated carbocycles. The summed E-state index contributed by atoms with van der Waals surface area (Å²) in [6, 6.07) is 5.75. The van der Waals surface area contributed by atoms with E-state index in [1.807, 2.05) is 0 Å². The highest BCUT2D eigenvalue weighted by Gasteiger charge is 2.31. The van der Waals surface area contributed by atoms with Gasteiger partial charge in [-0.05, 0) is 24.3 Å². The van der Waals surface area contributed by atoms with Crippen LogP contribution in [0.1, 0.15) is 20.8 Å². The van der Waals surface area contributed by atoms with E-state index >= 15 is 0 Å². The summed E-state index contributed by atoms with van der Waals surface area (Å²) in [5.41, 5.74) is -1.16. The fourth-order valence-electron chi connectivity index (χ4n) is 1.55. The average Bonchev–Trinajstić information content (AvgIpc) is 2.84. The Kier molecular flexibility index (Phi) is 4.25. The number of anilines is 1. The summed E-state index contributed by atoms with van der Waals surface area (Å²) in [5.74, 6) is -0.503. The molecule has 1 N–H and O–H groups in total. The number of carbonyl (C=O) groups excluding carboxylic acids is 1. The average molecular weight is 328 g/mol. The van der Waals surface area contributed by atoms with Gasteiger partial charge in [0.05, 0.1) is 21.7 Å². The van der Waals surface area contributed by atoms with E-state index in [0.29, 0.717) is 15.8 Å². The van der Waals surface area contributed by atoms with E-state index in [-0.39, 0.29) is 11.3 Å². The van der Waals surface area contributed by atoms with Crippen molar-refractivity contribution >= 4 is 35.6 Å². The molecule has 3 nitrogen and oxygen atoms in total. The highest BCUT2D eigenvalue weighted by molar-refractivity contribution is 7.80. The molecule has 8 heteroatoms. The third-order valence-electron chi connectivity index (χ3n) is 2.52. The number of rotatable bonds is 2. The van der Waals surface area contributed by atoms with Crippen molar-refractivity contribution in [3.05, 3.63) is 45.6 Å². The van der Waals surface area contributed by atoms with Gasteiger partial charge in [0.25, 0.3) is 5.91 Å². The number of halogens is 3. The second-order valence-electron chi connectivity index (χ2n) is 3.99. The van der Waals surface area contributed by atoms with Crippen LogP contribution in [-0.4, -0.2) is 5.91 Å². The van der Waals surface area contributed by atoms with Crippen LogP contribution in [0.25, 0.3) is 0 Å². The fourth-order valence-corrected chi connectivity index (χ4v) is 2.59. The number of nitrogens with one attached hydrogen (secondary N) is 1. The van der Waals surface area contributed by atoms with E-state index in [1.165, 1.54) is 6.07 Å². The molecule has 0 aliphatic rings. The molecule has 2 rings (SSSR count). The monoisotopic (exact) mass is 328 g/mol. The molecule has 0 radical (unpaired) electrons. The molecular weight excluding hydrogens is 321 g/mol. The van der Waals surface area contributed by atoms with Gasteiger partial charge < -0.3 is 5.32 Å². The van der Waals surface area contributed by atoms with Gasteiger partial charge in [0, 0.05) is 10.3 Å². The molecule has 1 aromatic carbocycles. The lowest BCUT2D eigenvalue weighted by Gasteiger charge is -2.10. The maximum absolute atomic E-state index is 12.6. The number of thiophene rings is 1. The minimum absolute atomic E-state index is 0.0321. The fraction of sp³-hybridized carbons (Fsp3) is 0.0769. The Labute approximate surface area is 127 Å². The van der Waals surface area contributed by atoms with Gasteiger partial charge in [-0.2, -0.15) is 18.4 Å². The predicted octanol–water partition coefficient (Wildman–Crippen LogP) is 4.18. The van der Waals surface area contributed by atoms with Crippen LogP contribution < -0.4 is 5.32 Å². The third kappa shape index (κ3) is 3.56. The van der Waals surface area contributed by atoms with Gasteiger partial charge in [-0.1, -0.05) is 0 Å². The van der Waals surface area contributed by atoms with Crippen LogP contribution in [0.2, 0.25) is 0 Å². The van der Waals surface area contributed by atoms with Crippen molar-refractivity contribution in [3.63, 3.8) is 0 Å². The Hall–Kier alpha value is -1.98. The lowest BCUT2D eigenvalue weighted by molar-refractivity contribution is -0.137. The largest absolute Gasteiger partial charge is 0.416 e. The van der Waals surface area contributed by atoms with Gasteiger partial charge in [-0.3, -0.25) is 4.79 Å². The smallest absolute Gasteiger partial charge is 0.320 e. The Bertz CT molecular complexity index is 732. The molecule has 0 aliphatic heterocycles. The van der Waals surface area contributed by atoms with Crippen molar-refractivity contribution in [1.82, 2.24) is 0 Å². The molecule has 1 amide bonds. The number of nitrogens with zero attached hydrogens (tertiary/aromatic N) is 1. The van der Waals surface area contributed by atoms with Crippen LogP contribution in [0.3, 0.4) is 0 Å². The Morgan fingerprint density at radius 3 is 2.57 bits per heavy atom. The van der Waals surface area contributed by atoms with Gasteiger partial charge in [0.15, 0.2) is 0 Å². The lowest BCUT2D eigenvalue weighted by Crippen LogP contribution is -2.12. The maximum atomic E-state index is 12.6. The van der Waals surface area contributed by atoms with Crippen molar-refractivity contribution < 1.29 is 18.0 Å². The molecule has 1 heterocycles. The molecule has 108 valence electrons. The Morgan fingerprint density at radius 1 is 1.33 bits per heavy atom. The van der Waals surface area contributed by atoms with E-state index in [2.05, 4.69) is 17.9 Å². The van der Waals surface area contributed by atoms with Gasteiger partial charge in [-0.15, -0.1) is 24.0 Å². The van der Waals surface area contributed by atoms with Gasteiger partial charge >= 0.3 is 6.18 Å². The summed E-state index contributed by atoms with van der Waals surface area (Å²) in [6.07, 6.45) is -4.54. The number of hydrogen-bond donors (Lipinski definition) is 2. The van der Waals surface area contributed by atoms with E-state index in [9.17, 15) is 18.0 Å². The van der Waals surface area contributed by atoms with E-state index in [4.69, 9.17) is 5.26 Å². The molecule has 0 fully saturated rings. The molecule has 1 aromatic heterocycles. The second-order valence-corrected chi connectivity index (χ2v) is 5.42. The third-order valence-corrected chi connectivity index (χ3v) is 3.89. The Balaban J connectivity index is 2.29. The van der Waals surface area contributed by atoms with Crippen LogP contribution in [0, 0.1) is 11.3 Å². The van der Waals surface area contributed by atoms with Crippen LogP contribution >= 0.6 is 24.0 Å². The van der Waals surface area contributed by atoms with Crippen molar-refractivity contribution in [1.29, 1.82) is 5.26 Å². The molecule has 2 aromatic rings. The SMILES string of the molecule is N#Cc1cc(C(F)(F)F)ccc1NC(=O)c1cc(S)cs1. The minimum Gasteiger partial charge on any atom is -0.320 e. The first-order valence-electron chi connectivity index (χ1n) is 5.51. The molecule has 0 unspecified atom stereocenters. The molecular formula is C13H7F3N2OS2. The number of amides is 1. The Morgan fingerprint density at radius 2 is 2.05 bits per heavy atom. The summed E-state index contributed by atoms with van der Waals surface area (Å²) in [6.45, 7) is 0. The maximum Gasteiger partial charge on any atom is 0.416 e. The number of nitriles is 1. The summed E-state index contributed by atoms with van der Waals surface area (Å²) in [5, 5.41) is 13.0. The highest BCUT2D eigenvalue weighted by Crippen LogP contribution is 2.32. The quantitative estimate of drug-likeness (QED) is 0.813. The zero-order valence-electron chi connectivity index (χ0n) is 10.2. The number of hydrogen-bond acceptors (Lipinski definition) is 4. The van der Waals surface area contributed by atoms with E-state index in [1.54, 1.807) is 11.4 Å². The summed E-state index contributed by atoms with van der Waals surface area (Å²) >= 11 is 5.21. The van der Waals surface area contributed by atoms with Crippen LogP contribution in [0.5, 0.6) is 0 Å². The molecule has 0 saturated heterocycles. The first-order chi connectivity index (χ1) is 9.81. The number of alkyl halides is 3. The first kappa shape index (κ1) is 15.4. The molecule has 21 heavy (non-hydrogen) atoms. The number of carbonyl (C=O) groups is 1. The molecule has 0 atom stereocenters. The van der Waals surface area contributed by atoms with Crippen LogP contribution in [0.4, 0.5) is 18.9 Å². The van der Waals surface area contributed by atoms with E-state index < -0.39 is 17.6 Å². The number of benzene rings is 1. The summed E-state index contributed by atoms with van der Waals surface area (Å²) in [7, 11) is 0. The zero-order valence-corrected chi connectivity index (χ0v) is 11.9. The highest BCUT2D eigenvalue weighted by atomic mass is 32.1. The zero-order chi connectivity index (χ0) is 15.6. The molecule has 0 spiro atoms. The van der Waals surface area contributed by atoms with Gasteiger partial charge in [-0.25, -0.2) is 0 Å². The molecule has 0 bridgehead atoms.